The van der Waals surface area contributed by atoms with E-state index in [2.05, 4.69) is 9.47 Å². The fourth-order valence-electron chi connectivity index (χ4n) is 1.21. The van der Waals surface area contributed by atoms with Gasteiger partial charge >= 0.3 is 11.9 Å². The van der Waals surface area contributed by atoms with Gasteiger partial charge in [0.05, 0.1) is 25.7 Å². The zero-order valence-corrected chi connectivity index (χ0v) is 9.09. The standard InChI is InChI=1S/C8H10O6S/c1-13-7(9)6(8(10)14-2)5-3-15(11,12)4-5/h3-4H2,1-2H3. The molecule has 0 spiro atoms. The van der Waals surface area contributed by atoms with Crippen molar-refractivity contribution in [3.63, 3.8) is 0 Å². The molecule has 6 nitrogen and oxygen atoms in total. The van der Waals surface area contributed by atoms with Gasteiger partial charge in [-0.05, 0) is 5.57 Å². The van der Waals surface area contributed by atoms with Gasteiger partial charge in [0.1, 0.15) is 5.57 Å². The van der Waals surface area contributed by atoms with Crippen LogP contribution in [0.3, 0.4) is 0 Å². The first-order valence-electron chi connectivity index (χ1n) is 4.00. The summed E-state index contributed by atoms with van der Waals surface area (Å²) in [5, 5.41) is 0. The lowest BCUT2D eigenvalue weighted by atomic mass is 10.1. The summed E-state index contributed by atoms with van der Waals surface area (Å²) in [6, 6.07) is 0. The van der Waals surface area contributed by atoms with Gasteiger partial charge in [0.2, 0.25) is 0 Å². The summed E-state index contributed by atoms with van der Waals surface area (Å²) >= 11 is 0. The number of esters is 2. The minimum Gasteiger partial charge on any atom is -0.465 e. The Hall–Kier alpha value is -1.37. The van der Waals surface area contributed by atoms with Crippen LogP contribution in [0.5, 0.6) is 0 Å². The Morgan fingerprint density at radius 1 is 1.07 bits per heavy atom. The topological polar surface area (TPSA) is 86.7 Å². The van der Waals surface area contributed by atoms with Gasteiger partial charge in [-0.1, -0.05) is 0 Å². The number of carbonyl (C=O) groups is 2. The Kier molecular flexibility index (Phi) is 3.13. The molecule has 0 amide bonds. The molecule has 1 aliphatic rings. The van der Waals surface area contributed by atoms with Gasteiger partial charge < -0.3 is 9.47 Å². The molecule has 0 atom stereocenters. The molecular formula is C8H10O6S. The summed E-state index contributed by atoms with van der Waals surface area (Å²) in [6.07, 6.45) is 0. The minimum absolute atomic E-state index is 0.244. The van der Waals surface area contributed by atoms with E-state index in [1.807, 2.05) is 0 Å². The lowest BCUT2D eigenvalue weighted by molar-refractivity contribution is -0.144. The molecule has 1 heterocycles. The predicted molar refractivity (Wildman–Crippen MR) is 49.7 cm³/mol. The molecule has 0 N–H and O–H groups in total. The largest absolute Gasteiger partial charge is 0.465 e. The Morgan fingerprint density at radius 2 is 1.47 bits per heavy atom. The Labute approximate surface area is 86.8 Å². The fraction of sp³-hybridized carbons (Fsp3) is 0.500. The van der Waals surface area contributed by atoms with Gasteiger partial charge in [-0.3, -0.25) is 0 Å². The Bertz CT molecular complexity index is 398. The maximum atomic E-state index is 11.2. The average molecular weight is 234 g/mol. The van der Waals surface area contributed by atoms with Gasteiger partial charge in [-0.25, -0.2) is 18.0 Å². The summed E-state index contributed by atoms with van der Waals surface area (Å²) < 4.78 is 30.5. The van der Waals surface area contributed by atoms with Crippen LogP contribution in [0.2, 0.25) is 0 Å². The van der Waals surface area contributed by atoms with E-state index < -0.39 is 21.8 Å². The second-order valence-corrected chi connectivity index (χ2v) is 5.06. The molecule has 84 valence electrons. The number of sulfone groups is 1. The third kappa shape index (κ3) is 2.35. The number of hydrogen-bond acceptors (Lipinski definition) is 6. The number of methoxy groups -OCH3 is 2. The van der Waals surface area contributed by atoms with Crippen molar-refractivity contribution in [2.45, 2.75) is 0 Å². The number of ether oxygens (including phenoxy) is 2. The monoisotopic (exact) mass is 234 g/mol. The van der Waals surface area contributed by atoms with Crippen LogP contribution in [0.4, 0.5) is 0 Å². The van der Waals surface area contributed by atoms with Crippen LogP contribution in [-0.4, -0.2) is 46.1 Å². The van der Waals surface area contributed by atoms with E-state index in [9.17, 15) is 18.0 Å². The average Bonchev–Trinajstić information content (AvgIpc) is 2.14. The van der Waals surface area contributed by atoms with E-state index in [-0.39, 0.29) is 22.7 Å². The van der Waals surface area contributed by atoms with Crippen molar-refractivity contribution in [3.8, 4) is 0 Å². The first-order valence-corrected chi connectivity index (χ1v) is 5.82. The molecule has 1 fully saturated rings. The lowest BCUT2D eigenvalue weighted by Gasteiger charge is -2.19. The first-order chi connectivity index (χ1) is 6.91. The number of rotatable bonds is 2. The van der Waals surface area contributed by atoms with Gasteiger partial charge in [0, 0.05) is 0 Å². The molecule has 1 aliphatic heterocycles. The summed E-state index contributed by atoms with van der Waals surface area (Å²) in [5.41, 5.74) is -0.0662. The molecule has 0 aromatic rings. The van der Waals surface area contributed by atoms with Crippen molar-refractivity contribution in [1.82, 2.24) is 0 Å². The summed E-state index contributed by atoms with van der Waals surface area (Å²) in [7, 11) is -0.912. The molecule has 1 saturated heterocycles. The highest BCUT2D eigenvalue weighted by Gasteiger charge is 2.36. The first kappa shape index (κ1) is 11.7. The fourth-order valence-corrected chi connectivity index (χ4v) is 2.48. The predicted octanol–water partition coefficient (Wildman–Crippen LogP) is -0.943. The number of carbonyl (C=O) groups excluding carboxylic acids is 2. The van der Waals surface area contributed by atoms with Crippen LogP contribution in [-0.2, 0) is 28.9 Å². The molecule has 15 heavy (non-hydrogen) atoms. The molecular weight excluding hydrogens is 224 g/mol. The quantitative estimate of drug-likeness (QED) is 0.265. The van der Waals surface area contributed by atoms with Crippen LogP contribution < -0.4 is 0 Å². The van der Waals surface area contributed by atoms with Crippen LogP contribution in [0.1, 0.15) is 0 Å². The van der Waals surface area contributed by atoms with Crippen molar-refractivity contribution in [2.24, 2.45) is 0 Å². The van der Waals surface area contributed by atoms with E-state index in [4.69, 9.17) is 0 Å². The zero-order valence-electron chi connectivity index (χ0n) is 8.27. The summed E-state index contributed by atoms with van der Waals surface area (Å²) in [5.74, 6) is -2.31. The SMILES string of the molecule is COC(=O)C(C(=O)OC)=C1CS(=O)(=O)C1. The van der Waals surface area contributed by atoms with Crippen LogP contribution in [0.25, 0.3) is 0 Å². The van der Waals surface area contributed by atoms with E-state index in [0.29, 0.717) is 0 Å². The van der Waals surface area contributed by atoms with Crippen molar-refractivity contribution in [3.05, 3.63) is 11.1 Å². The maximum absolute atomic E-state index is 11.2. The second-order valence-electron chi connectivity index (χ2n) is 2.99. The highest BCUT2D eigenvalue weighted by atomic mass is 32.2. The molecule has 0 bridgehead atoms. The van der Waals surface area contributed by atoms with Crippen LogP contribution in [0.15, 0.2) is 11.1 Å². The molecule has 1 rings (SSSR count). The van der Waals surface area contributed by atoms with E-state index >= 15 is 0 Å². The summed E-state index contributed by atoms with van der Waals surface area (Å²) in [6.45, 7) is 0. The molecule has 0 saturated carbocycles. The van der Waals surface area contributed by atoms with Crippen molar-refractivity contribution < 1.29 is 27.5 Å². The third-order valence-electron chi connectivity index (χ3n) is 1.92. The van der Waals surface area contributed by atoms with Crippen LogP contribution in [0, 0.1) is 0 Å². The highest BCUT2D eigenvalue weighted by Crippen LogP contribution is 2.22. The minimum atomic E-state index is -3.13. The molecule has 7 heteroatoms. The van der Waals surface area contributed by atoms with E-state index in [0.717, 1.165) is 14.2 Å². The molecule has 0 radical (unpaired) electrons. The highest BCUT2D eigenvalue weighted by molar-refractivity contribution is 7.93. The Balaban J connectivity index is 3.03. The van der Waals surface area contributed by atoms with Gasteiger partial charge in [-0.2, -0.15) is 0 Å². The third-order valence-corrected chi connectivity index (χ3v) is 3.50. The lowest BCUT2D eigenvalue weighted by Crippen LogP contribution is -2.33. The normalized spacial score (nSPS) is 17.6. The Morgan fingerprint density at radius 3 is 1.73 bits per heavy atom. The van der Waals surface area contributed by atoms with E-state index in [1.165, 1.54) is 0 Å². The number of hydrogen-bond donors (Lipinski definition) is 0. The van der Waals surface area contributed by atoms with E-state index in [1.54, 1.807) is 0 Å². The molecule has 0 aromatic heterocycles. The van der Waals surface area contributed by atoms with Crippen molar-refractivity contribution in [2.75, 3.05) is 25.7 Å². The van der Waals surface area contributed by atoms with Gasteiger partial charge in [0.15, 0.2) is 9.84 Å². The maximum Gasteiger partial charge on any atom is 0.345 e. The zero-order chi connectivity index (χ0) is 11.6. The molecule has 0 unspecified atom stereocenters. The van der Waals surface area contributed by atoms with Gasteiger partial charge in [-0.15, -0.1) is 0 Å². The molecule has 0 aliphatic carbocycles. The van der Waals surface area contributed by atoms with Crippen LogP contribution >= 0.6 is 0 Å². The van der Waals surface area contributed by atoms with Crippen molar-refractivity contribution >= 4 is 21.8 Å². The van der Waals surface area contributed by atoms with Gasteiger partial charge in [0.25, 0.3) is 0 Å². The van der Waals surface area contributed by atoms with Crippen molar-refractivity contribution in [1.29, 1.82) is 0 Å². The smallest absolute Gasteiger partial charge is 0.345 e. The molecule has 0 aromatic carbocycles. The summed E-state index contributed by atoms with van der Waals surface area (Å²) in [4.78, 5) is 22.4. The second kappa shape index (κ2) is 4.01.